The Kier molecular flexibility index (Phi) is 7.67. The fourth-order valence-corrected chi connectivity index (χ4v) is 3.48. The highest BCUT2D eigenvalue weighted by Gasteiger charge is 2.16. The lowest BCUT2D eigenvalue weighted by atomic mass is 10.2. The van der Waals surface area contributed by atoms with Gasteiger partial charge in [-0.05, 0) is 49.7 Å². The number of rotatable bonds is 10. The number of esters is 1. The van der Waals surface area contributed by atoms with Crippen LogP contribution in [0.5, 0.6) is 0 Å². The Morgan fingerprint density at radius 3 is 2.63 bits per heavy atom. The Balaban J connectivity index is 1.53. The van der Waals surface area contributed by atoms with Crippen LogP contribution in [0, 0.1) is 0 Å². The lowest BCUT2D eigenvalue weighted by molar-refractivity contribution is -0.113. The molecule has 3 aromatic rings. The van der Waals surface area contributed by atoms with Crippen LogP contribution in [0.1, 0.15) is 37.0 Å². The topological polar surface area (TPSA) is 99.2 Å². The fourth-order valence-electron chi connectivity index (χ4n) is 2.68. The van der Waals surface area contributed by atoms with Crippen molar-refractivity contribution >= 4 is 29.3 Å². The number of aromatic nitrogens is 3. The van der Waals surface area contributed by atoms with Gasteiger partial charge in [0.25, 0.3) is 0 Å². The van der Waals surface area contributed by atoms with Crippen LogP contribution in [0.25, 0.3) is 11.6 Å². The Morgan fingerprint density at radius 1 is 1.17 bits per heavy atom. The van der Waals surface area contributed by atoms with Gasteiger partial charge in [0.2, 0.25) is 5.91 Å². The average molecular weight is 429 g/mol. The first kappa shape index (κ1) is 21.6. The van der Waals surface area contributed by atoms with E-state index < -0.39 is 0 Å². The molecule has 0 fully saturated rings. The number of unbranched alkanes of at least 4 members (excludes halogenated alkanes) is 1. The summed E-state index contributed by atoms with van der Waals surface area (Å²) >= 11 is 1.30. The minimum absolute atomic E-state index is 0.177. The highest BCUT2D eigenvalue weighted by Crippen LogP contribution is 2.24. The van der Waals surface area contributed by atoms with Gasteiger partial charge in [0.1, 0.15) is 0 Å². The highest BCUT2D eigenvalue weighted by molar-refractivity contribution is 7.99. The van der Waals surface area contributed by atoms with E-state index in [1.54, 1.807) is 36.6 Å². The summed E-state index contributed by atoms with van der Waals surface area (Å²) in [4.78, 5) is 24.2. The monoisotopic (exact) mass is 428 g/mol. The number of carbonyl (C=O) groups excluding carboxylic acids is 2. The van der Waals surface area contributed by atoms with Gasteiger partial charge in [-0.25, -0.2) is 4.79 Å². The SMILES string of the molecule is CCCCOC(=O)c1ccc(NC(=O)CSc2nnc(-c3ccco3)n2CC)cc1. The summed E-state index contributed by atoms with van der Waals surface area (Å²) in [7, 11) is 0. The molecule has 8 nitrogen and oxygen atoms in total. The number of ether oxygens (including phenoxy) is 1. The minimum atomic E-state index is -0.358. The number of nitrogens with zero attached hydrogens (tertiary/aromatic N) is 3. The minimum Gasteiger partial charge on any atom is -0.462 e. The molecule has 0 atom stereocenters. The zero-order valence-corrected chi connectivity index (χ0v) is 17.8. The van der Waals surface area contributed by atoms with Crippen LogP contribution >= 0.6 is 11.8 Å². The summed E-state index contributed by atoms with van der Waals surface area (Å²) < 4.78 is 12.5. The maximum absolute atomic E-state index is 12.3. The molecule has 2 heterocycles. The van der Waals surface area contributed by atoms with Gasteiger partial charge in [-0.2, -0.15) is 0 Å². The molecule has 1 N–H and O–H groups in total. The van der Waals surface area contributed by atoms with Crippen molar-refractivity contribution in [1.82, 2.24) is 14.8 Å². The van der Waals surface area contributed by atoms with E-state index in [0.29, 0.717) is 41.1 Å². The molecule has 30 heavy (non-hydrogen) atoms. The second kappa shape index (κ2) is 10.6. The van der Waals surface area contributed by atoms with E-state index in [4.69, 9.17) is 9.15 Å². The van der Waals surface area contributed by atoms with Crippen molar-refractivity contribution in [3.8, 4) is 11.6 Å². The number of benzene rings is 1. The van der Waals surface area contributed by atoms with E-state index in [0.717, 1.165) is 12.8 Å². The molecular formula is C21H24N4O4S. The summed E-state index contributed by atoms with van der Waals surface area (Å²) in [5, 5.41) is 11.8. The van der Waals surface area contributed by atoms with Crippen molar-refractivity contribution < 1.29 is 18.7 Å². The summed E-state index contributed by atoms with van der Waals surface area (Å²) in [6, 6.07) is 10.3. The molecular weight excluding hydrogens is 404 g/mol. The van der Waals surface area contributed by atoms with Crippen molar-refractivity contribution in [1.29, 1.82) is 0 Å². The van der Waals surface area contributed by atoms with E-state index in [1.165, 1.54) is 11.8 Å². The molecule has 0 unspecified atom stereocenters. The molecule has 0 radical (unpaired) electrons. The summed E-state index contributed by atoms with van der Waals surface area (Å²) in [5.41, 5.74) is 1.07. The molecule has 0 bridgehead atoms. The first-order valence-corrected chi connectivity index (χ1v) is 10.8. The van der Waals surface area contributed by atoms with Gasteiger partial charge in [0.05, 0.1) is 24.2 Å². The van der Waals surface area contributed by atoms with E-state index >= 15 is 0 Å². The van der Waals surface area contributed by atoms with Crippen molar-refractivity contribution in [2.24, 2.45) is 0 Å². The first-order chi connectivity index (χ1) is 14.6. The number of amides is 1. The number of hydrogen-bond donors (Lipinski definition) is 1. The number of furan rings is 1. The second-order valence-electron chi connectivity index (χ2n) is 6.43. The Morgan fingerprint density at radius 2 is 1.97 bits per heavy atom. The van der Waals surface area contributed by atoms with Crippen LogP contribution in [-0.4, -0.2) is 39.0 Å². The van der Waals surface area contributed by atoms with Crippen LogP contribution in [0.2, 0.25) is 0 Å². The van der Waals surface area contributed by atoms with Gasteiger partial charge in [0.15, 0.2) is 16.7 Å². The zero-order valence-electron chi connectivity index (χ0n) is 17.0. The summed E-state index contributed by atoms with van der Waals surface area (Å²) in [6.07, 6.45) is 3.39. The van der Waals surface area contributed by atoms with E-state index in [-0.39, 0.29) is 17.6 Å². The van der Waals surface area contributed by atoms with Crippen LogP contribution in [0.4, 0.5) is 5.69 Å². The van der Waals surface area contributed by atoms with Gasteiger partial charge < -0.3 is 14.5 Å². The largest absolute Gasteiger partial charge is 0.462 e. The Labute approximate surface area is 179 Å². The third-order valence-corrected chi connectivity index (χ3v) is 5.21. The first-order valence-electron chi connectivity index (χ1n) is 9.79. The van der Waals surface area contributed by atoms with Crippen molar-refractivity contribution in [2.45, 2.75) is 38.4 Å². The molecule has 0 saturated heterocycles. The summed E-state index contributed by atoms with van der Waals surface area (Å²) in [5.74, 6) is 0.907. The zero-order chi connectivity index (χ0) is 21.3. The van der Waals surface area contributed by atoms with Gasteiger partial charge in [-0.15, -0.1) is 10.2 Å². The second-order valence-corrected chi connectivity index (χ2v) is 7.37. The summed E-state index contributed by atoms with van der Waals surface area (Å²) in [6.45, 7) is 5.08. The van der Waals surface area contributed by atoms with E-state index in [9.17, 15) is 9.59 Å². The van der Waals surface area contributed by atoms with E-state index in [2.05, 4.69) is 15.5 Å². The maximum atomic E-state index is 12.3. The van der Waals surface area contributed by atoms with Crippen LogP contribution in [-0.2, 0) is 16.1 Å². The normalized spacial score (nSPS) is 10.7. The Hall–Kier alpha value is -3.07. The van der Waals surface area contributed by atoms with Crippen LogP contribution in [0.15, 0.2) is 52.2 Å². The Bertz CT molecular complexity index is 968. The predicted octanol–water partition coefficient (Wildman–Crippen LogP) is 4.25. The lowest BCUT2D eigenvalue weighted by Crippen LogP contribution is -2.15. The number of nitrogens with one attached hydrogen (secondary N) is 1. The van der Waals surface area contributed by atoms with Crippen molar-refractivity contribution in [3.05, 3.63) is 48.2 Å². The molecule has 3 rings (SSSR count). The standard InChI is InChI=1S/C21H24N4O4S/c1-3-5-12-29-20(27)15-8-10-16(11-9-15)22-18(26)14-30-21-24-23-19(25(21)4-2)17-7-6-13-28-17/h6-11,13H,3-5,12,14H2,1-2H3,(H,22,26). The van der Waals surface area contributed by atoms with Crippen LogP contribution in [0.3, 0.4) is 0 Å². The highest BCUT2D eigenvalue weighted by atomic mass is 32.2. The fraction of sp³-hybridized carbons (Fsp3) is 0.333. The van der Waals surface area contributed by atoms with Gasteiger partial charge in [-0.1, -0.05) is 25.1 Å². The molecule has 9 heteroatoms. The molecule has 1 aromatic carbocycles. The molecule has 0 saturated carbocycles. The smallest absolute Gasteiger partial charge is 0.338 e. The molecule has 1 amide bonds. The average Bonchev–Trinajstić information content (AvgIpc) is 3.42. The predicted molar refractivity (Wildman–Crippen MR) is 114 cm³/mol. The van der Waals surface area contributed by atoms with E-state index in [1.807, 2.05) is 24.5 Å². The quantitative estimate of drug-likeness (QED) is 0.293. The van der Waals surface area contributed by atoms with Gasteiger partial charge in [-0.3, -0.25) is 9.36 Å². The molecule has 0 aliphatic carbocycles. The molecule has 0 aliphatic heterocycles. The maximum Gasteiger partial charge on any atom is 0.338 e. The molecule has 0 spiro atoms. The number of carbonyl (C=O) groups is 2. The third kappa shape index (κ3) is 5.50. The van der Waals surface area contributed by atoms with Crippen molar-refractivity contribution in [3.63, 3.8) is 0 Å². The number of hydrogen-bond acceptors (Lipinski definition) is 7. The van der Waals surface area contributed by atoms with Crippen molar-refractivity contribution in [2.75, 3.05) is 17.7 Å². The molecule has 2 aromatic heterocycles. The molecule has 0 aliphatic rings. The van der Waals surface area contributed by atoms with Crippen LogP contribution < -0.4 is 5.32 Å². The lowest BCUT2D eigenvalue weighted by Gasteiger charge is -2.08. The van der Waals surface area contributed by atoms with Gasteiger partial charge >= 0.3 is 5.97 Å². The number of thioether (sulfide) groups is 1. The van der Waals surface area contributed by atoms with Gasteiger partial charge in [0, 0.05) is 12.2 Å². The number of anilines is 1. The third-order valence-electron chi connectivity index (χ3n) is 4.24. The molecule has 158 valence electrons.